The number of nitrogens with zero attached hydrogens (tertiary/aromatic N) is 2. The molecule has 2 fully saturated rings. The maximum atomic E-state index is 12.1. The van der Waals surface area contributed by atoms with Gasteiger partial charge in [0.1, 0.15) is 0 Å². The van der Waals surface area contributed by atoms with E-state index >= 15 is 0 Å². The molecule has 5 nitrogen and oxygen atoms in total. The minimum atomic E-state index is 0.142. The van der Waals surface area contributed by atoms with Gasteiger partial charge in [0.2, 0.25) is 5.91 Å². The van der Waals surface area contributed by atoms with Crippen molar-refractivity contribution in [3.63, 3.8) is 0 Å². The van der Waals surface area contributed by atoms with E-state index in [4.69, 9.17) is 10.5 Å². The van der Waals surface area contributed by atoms with Crippen LogP contribution in [0.5, 0.6) is 0 Å². The van der Waals surface area contributed by atoms with Gasteiger partial charge in [-0.2, -0.15) is 0 Å². The van der Waals surface area contributed by atoms with Gasteiger partial charge in [-0.3, -0.25) is 9.69 Å². The molecule has 0 saturated carbocycles. The summed E-state index contributed by atoms with van der Waals surface area (Å²) in [6.45, 7) is 7.76. The molecule has 0 aromatic carbocycles. The number of hydrogen-bond donors (Lipinski definition) is 1. The minimum absolute atomic E-state index is 0.142. The first-order valence-corrected chi connectivity index (χ1v) is 6.45. The predicted octanol–water partition coefficient (Wildman–Crippen LogP) is -0.345. The lowest BCUT2D eigenvalue weighted by Crippen LogP contribution is -2.51. The van der Waals surface area contributed by atoms with Crippen LogP contribution in [0.2, 0.25) is 0 Å². The van der Waals surface area contributed by atoms with Crippen LogP contribution in [0.25, 0.3) is 0 Å². The number of nitrogens with two attached hydrogens (primary N) is 1. The number of hydrogen-bond acceptors (Lipinski definition) is 4. The molecule has 0 aromatic rings. The molecule has 0 aromatic heterocycles. The standard InChI is InChI=1S/C12H23N3O2/c1-9-5-15(6-10(2)17-9)12(16)8-14-4-3-11(13)7-14/h9-11H,3-8,13H2,1-2H3. The quantitative estimate of drug-likeness (QED) is 0.718. The van der Waals surface area contributed by atoms with Crippen LogP contribution in [-0.2, 0) is 9.53 Å². The summed E-state index contributed by atoms with van der Waals surface area (Å²) in [5.74, 6) is 0.209. The van der Waals surface area contributed by atoms with Crippen molar-refractivity contribution >= 4 is 5.91 Å². The van der Waals surface area contributed by atoms with E-state index < -0.39 is 0 Å². The molecule has 3 unspecified atom stereocenters. The zero-order valence-corrected chi connectivity index (χ0v) is 10.8. The molecule has 5 heteroatoms. The summed E-state index contributed by atoms with van der Waals surface area (Å²) in [6, 6.07) is 0.241. The van der Waals surface area contributed by atoms with Crippen molar-refractivity contribution < 1.29 is 9.53 Å². The third-order valence-corrected chi connectivity index (χ3v) is 3.44. The number of ether oxygens (including phenoxy) is 1. The molecule has 2 heterocycles. The summed E-state index contributed by atoms with van der Waals surface area (Å²) in [7, 11) is 0. The fourth-order valence-electron chi connectivity index (χ4n) is 2.68. The van der Waals surface area contributed by atoms with E-state index in [9.17, 15) is 4.79 Å². The Morgan fingerprint density at radius 2 is 1.94 bits per heavy atom. The van der Waals surface area contributed by atoms with Gasteiger partial charge in [0, 0.05) is 32.2 Å². The normalized spacial score (nSPS) is 35.2. The number of rotatable bonds is 2. The molecule has 2 aliphatic rings. The number of carbonyl (C=O) groups is 1. The zero-order chi connectivity index (χ0) is 12.4. The summed E-state index contributed by atoms with van der Waals surface area (Å²) in [4.78, 5) is 16.2. The third kappa shape index (κ3) is 3.40. The summed E-state index contributed by atoms with van der Waals surface area (Å²) in [6.07, 6.45) is 1.29. The highest BCUT2D eigenvalue weighted by atomic mass is 16.5. The third-order valence-electron chi connectivity index (χ3n) is 3.44. The molecule has 3 atom stereocenters. The summed E-state index contributed by atoms with van der Waals surface area (Å²) < 4.78 is 5.63. The first-order valence-electron chi connectivity index (χ1n) is 6.45. The lowest BCUT2D eigenvalue weighted by atomic mass is 10.2. The number of amides is 1. The van der Waals surface area contributed by atoms with Gasteiger partial charge in [-0.25, -0.2) is 0 Å². The molecule has 0 radical (unpaired) electrons. The van der Waals surface area contributed by atoms with Crippen molar-refractivity contribution in [2.45, 2.75) is 38.5 Å². The first-order chi connectivity index (χ1) is 8.04. The molecule has 2 rings (SSSR count). The summed E-state index contributed by atoms with van der Waals surface area (Å²) in [5.41, 5.74) is 5.84. The van der Waals surface area contributed by atoms with Gasteiger partial charge in [0.25, 0.3) is 0 Å². The van der Waals surface area contributed by atoms with Crippen LogP contribution in [-0.4, -0.2) is 66.7 Å². The molecule has 98 valence electrons. The van der Waals surface area contributed by atoms with Gasteiger partial charge in [-0.05, 0) is 20.3 Å². The number of likely N-dealkylation sites (tertiary alicyclic amines) is 1. The Balaban J connectivity index is 1.82. The monoisotopic (exact) mass is 241 g/mol. The minimum Gasteiger partial charge on any atom is -0.372 e. The fraction of sp³-hybridized carbons (Fsp3) is 0.917. The van der Waals surface area contributed by atoms with Gasteiger partial charge in [0.05, 0.1) is 18.8 Å². The van der Waals surface area contributed by atoms with Crippen LogP contribution in [0.3, 0.4) is 0 Å². The van der Waals surface area contributed by atoms with Gasteiger partial charge in [-0.1, -0.05) is 0 Å². The van der Waals surface area contributed by atoms with E-state index in [0.717, 1.165) is 19.5 Å². The molecular formula is C12H23N3O2. The summed E-state index contributed by atoms with van der Waals surface area (Å²) in [5, 5.41) is 0. The van der Waals surface area contributed by atoms with Crippen molar-refractivity contribution in [2.24, 2.45) is 5.73 Å². The van der Waals surface area contributed by atoms with E-state index in [1.807, 2.05) is 18.7 Å². The van der Waals surface area contributed by atoms with Crippen LogP contribution in [0.15, 0.2) is 0 Å². The first kappa shape index (κ1) is 12.8. The molecule has 0 aliphatic carbocycles. The lowest BCUT2D eigenvalue weighted by Gasteiger charge is -2.36. The van der Waals surface area contributed by atoms with Crippen LogP contribution in [0.4, 0.5) is 0 Å². The van der Waals surface area contributed by atoms with Crippen LogP contribution >= 0.6 is 0 Å². The largest absolute Gasteiger partial charge is 0.372 e. The Morgan fingerprint density at radius 3 is 2.47 bits per heavy atom. The Hall–Kier alpha value is -0.650. The number of morpholine rings is 1. The predicted molar refractivity (Wildman–Crippen MR) is 65.6 cm³/mol. The van der Waals surface area contributed by atoms with Gasteiger partial charge in [-0.15, -0.1) is 0 Å². The highest BCUT2D eigenvalue weighted by molar-refractivity contribution is 5.78. The Labute approximate surface area is 103 Å². The molecular weight excluding hydrogens is 218 g/mol. The topological polar surface area (TPSA) is 58.8 Å². The average molecular weight is 241 g/mol. The van der Waals surface area contributed by atoms with Gasteiger partial charge < -0.3 is 15.4 Å². The molecule has 2 saturated heterocycles. The van der Waals surface area contributed by atoms with E-state index in [1.165, 1.54) is 0 Å². The summed E-state index contributed by atoms with van der Waals surface area (Å²) >= 11 is 0. The Bertz CT molecular complexity index is 275. The van der Waals surface area contributed by atoms with Crippen LogP contribution < -0.4 is 5.73 Å². The molecule has 2 aliphatic heterocycles. The second-order valence-corrected chi connectivity index (χ2v) is 5.34. The van der Waals surface area contributed by atoms with E-state index in [2.05, 4.69) is 4.90 Å². The molecule has 0 spiro atoms. The number of carbonyl (C=O) groups excluding carboxylic acids is 1. The Kier molecular flexibility index (Phi) is 4.01. The maximum absolute atomic E-state index is 12.1. The SMILES string of the molecule is CC1CN(C(=O)CN2CCC(N)C2)CC(C)O1. The smallest absolute Gasteiger partial charge is 0.236 e. The zero-order valence-electron chi connectivity index (χ0n) is 10.8. The lowest BCUT2D eigenvalue weighted by molar-refractivity contribution is -0.144. The molecule has 1 amide bonds. The fourth-order valence-corrected chi connectivity index (χ4v) is 2.68. The highest BCUT2D eigenvalue weighted by Gasteiger charge is 2.28. The van der Waals surface area contributed by atoms with E-state index in [0.29, 0.717) is 19.6 Å². The van der Waals surface area contributed by atoms with Gasteiger partial charge >= 0.3 is 0 Å². The second-order valence-electron chi connectivity index (χ2n) is 5.34. The molecule has 0 bridgehead atoms. The average Bonchev–Trinajstić information content (AvgIpc) is 2.62. The molecule has 17 heavy (non-hydrogen) atoms. The van der Waals surface area contributed by atoms with E-state index in [1.54, 1.807) is 0 Å². The van der Waals surface area contributed by atoms with Crippen molar-refractivity contribution in [1.82, 2.24) is 9.80 Å². The highest BCUT2D eigenvalue weighted by Crippen LogP contribution is 2.12. The van der Waals surface area contributed by atoms with Crippen molar-refractivity contribution in [2.75, 3.05) is 32.7 Å². The Morgan fingerprint density at radius 1 is 1.29 bits per heavy atom. The second kappa shape index (κ2) is 5.33. The van der Waals surface area contributed by atoms with Gasteiger partial charge in [0.15, 0.2) is 0 Å². The maximum Gasteiger partial charge on any atom is 0.236 e. The van der Waals surface area contributed by atoms with Crippen molar-refractivity contribution in [3.8, 4) is 0 Å². The van der Waals surface area contributed by atoms with Crippen molar-refractivity contribution in [1.29, 1.82) is 0 Å². The molecule has 2 N–H and O–H groups in total. The van der Waals surface area contributed by atoms with Crippen molar-refractivity contribution in [3.05, 3.63) is 0 Å². The van der Waals surface area contributed by atoms with E-state index in [-0.39, 0.29) is 24.2 Å². The van der Waals surface area contributed by atoms with Crippen LogP contribution in [0.1, 0.15) is 20.3 Å². The van der Waals surface area contributed by atoms with Crippen LogP contribution in [0, 0.1) is 0 Å².